The Morgan fingerprint density at radius 2 is 2.23 bits per heavy atom. The van der Waals surface area contributed by atoms with Crippen LogP contribution < -0.4 is 5.32 Å². The summed E-state index contributed by atoms with van der Waals surface area (Å²) in [4.78, 5) is 21.7. The van der Waals surface area contributed by atoms with Crippen LogP contribution in [0.3, 0.4) is 0 Å². The van der Waals surface area contributed by atoms with Crippen molar-refractivity contribution in [3.05, 3.63) is 12.7 Å². The second-order valence-corrected chi connectivity index (χ2v) is 2.53. The number of alkyl carbamates (subject to hydrolysis) is 1. The second-order valence-electron chi connectivity index (χ2n) is 2.53. The number of hydrogen-bond acceptors (Lipinski definition) is 3. The van der Waals surface area contributed by atoms with Crippen LogP contribution in [0.1, 0.15) is 19.8 Å². The molecule has 0 saturated carbocycles. The Hall–Kier alpha value is -1.32. The summed E-state index contributed by atoms with van der Waals surface area (Å²) in [6.45, 7) is 5.50. The molecule has 0 aliphatic heterocycles. The van der Waals surface area contributed by atoms with E-state index in [4.69, 9.17) is 0 Å². The van der Waals surface area contributed by atoms with Gasteiger partial charge in [-0.1, -0.05) is 19.6 Å². The SMILES string of the molecule is C=CCOC(=O)NCC(=O)CCC. The molecule has 0 radical (unpaired) electrons. The normalized spacial score (nSPS) is 9.00. The molecule has 0 aliphatic carbocycles. The highest BCUT2D eigenvalue weighted by Crippen LogP contribution is 1.87. The van der Waals surface area contributed by atoms with Crippen LogP contribution in [-0.4, -0.2) is 25.0 Å². The Bertz CT molecular complexity index is 189. The first-order valence-corrected chi connectivity index (χ1v) is 4.24. The van der Waals surface area contributed by atoms with E-state index in [0.717, 1.165) is 6.42 Å². The van der Waals surface area contributed by atoms with E-state index in [-0.39, 0.29) is 18.9 Å². The summed E-state index contributed by atoms with van der Waals surface area (Å²) in [6.07, 6.45) is 2.17. The van der Waals surface area contributed by atoms with Gasteiger partial charge in [-0.3, -0.25) is 4.79 Å². The molecule has 0 aromatic heterocycles. The van der Waals surface area contributed by atoms with Gasteiger partial charge in [0.05, 0.1) is 6.54 Å². The Morgan fingerprint density at radius 1 is 1.54 bits per heavy atom. The zero-order chi connectivity index (χ0) is 10.1. The third-order valence-electron chi connectivity index (χ3n) is 1.29. The van der Waals surface area contributed by atoms with E-state index in [1.165, 1.54) is 6.08 Å². The number of ether oxygens (including phenoxy) is 1. The number of carbonyl (C=O) groups excluding carboxylic acids is 2. The molecule has 0 heterocycles. The van der Waals surface area contributed by atoms with Crippen molar-refractivity contribution in [2.45, 2.75) is 19.8 Å². The van der Waals surface area contributed by atoms with Crippen LogP contribution in [0.25, 0.3) is 0 Å². The molecule has 4 heteroatoms. The third-order valence-corrected chi connectivity index (χ3v) is 1.29. The van der Waals surface area contributed by atoms with Crippen molar-refractivity contribution in [3.8, 4) is 0 Å². The predicted molar refractivity (Wildman–Crippen MR) is 49.5 cm³/mol. The third kappa shape index (κ3) is 7.05. The van der Waals surface area contributed by atoms with Gasteiger partial charge in [-0.05, 0) is 6.42 Å². The van der Waals surface area contributed by atoms with E-state index in [9.17, 15) is 9.59 Å². The van der Waals surface area contributed by atoms with Crippen molar-refractivity contribution in [2.24, 2.45) is 0 Å². The molecule has 74 valence electrons. The maximum atomic E-state index is 10.9. The Labute approximate surface area is 78.0 Å². The molecular weight excluding hydrogens is 170 g/mol. The molecule has 0 aromatic carbocycles. The van der Waals surface area contributed by atoms with Crippen molar-refractivity contribution in [3.63, 3.8) is 0 Å². The largest absolute Gasteiger partial charge is 0.445 e. The maximum absolute atomic E-state index is 10.9. The average Bonchev–Trinajstić information content (AvgIpc) is 2.12. The standard InChI is InChI=1S/C9H15NO3/c1-3-5-8(11)7-10-9(12)13-6-4-2/h4H,2-3,5-7H2,1H3,(H,10,12). The fraction of sp³-hybridized carbons (Fsp3) is 0.556. The second kappa shape index (κ2) is 7.34. The molecule has 0 rings (SSSR count). The number of rotatable bonds is 6. The van der Waals surface area contributed by atoms with Gasteiger partial charge in [0.25, 0.3) is 0 Å². The predicted octanol–water partition coefficient (Wildman–Crippen LogP) is 1.27. The molecule has 0 bridgehead atoms. The molecule has 0 atom stereocenters. The first-order valence-electron chi connectivity index (χ1n) is 4.24. The Balaban J connectivity index is 3.45. The van der Waals surface area contributed by atoms with E-state index in [1.54, 1.807) is 0 Å². The Morgan fingerprint density at radius 3 is 2.77 bits per heavy atom. The lowest BCUT2D eigenvalue weighted by Crippen LogP contribution is -2.29. The zero-order valence-electron chi connectivity index (χ0n) is 7.84. The van der Waals surface area contributed by atoms with E-state index >= 15 is 0 Å². The number of hydrogen-bond donors (Lipinski definition) is 1. The lowest BCUT2D eigenvalue weighted by atomic mass is 10.2. The number of amides is 1. The van der Waals surface area contributed by atoms with Gasteiger partial charge in [-0.2, -0.15) is 0 Å². The van der Waals surface area contributed by atoms with Gasteiger partial charge in [-0.25, -0.2) is 4.79 Å². The molecule has 0 aliphatic rings. The number of nitrogens with one attached hydrogen (secondary N) is 1. The van der Waals surface area contributed by atoms with E-state index in [2.05, 4.69) is 16.6 Å². The van der Waals surface area contributed by atoms with Crippen molar-refractivity contribution in [1.29, 1.82) is 0 Å². The minimum atomic E-state index is -0.579. The van der Waals surface area contributed by atoms with Gasteiger partial charge in [0, 0.05) is 6.42 Å². The van der Waals surface area contributed by atoms with Crippen LogP contribution in [0.4, 0.5) is 4.79 Å². The minimum Gasteiger partial charge on any atom is -0.445 e. The summed E-state index contributed by atoms with van der Waals surface area (Å²) in [5.74, 6) is 0.0121. The lowest BCUT2D eigenvalue weighted by molar-refractivity contribution is -0.118. The quantitative estimate of drug-likeness (QED) is 0.634. The topological polar surface area (TPSA) is 55.4 Å². The lowest BCUT2D eigenvalue weighted by Gasteiger charge is -2.03. The van der Waals surface area contributed by atoms with Crippen LogP contribution in [0.5, 0.6) is 0 Å². The highest BCUT2D eigenvalue weighted by molar-refractivity contribution is 5.83. The molecule has 1 amide bonds. The van der Waals surface area contributed by atoms with Gasteiger partial charge in [-0.15, -0.1) is 0 Å². The van der Waals surface area contributed by atoms with Gasteiger partial charge < -0.3 is 10.1 Å². The van der Waals surface area contributed by atoms with Crippen LogP contribution in [-0.2, 0) is 9.53 Å². The summed E-state index contributed by atoms with van der Waals surface area (Å²) in [5.41, 5.74) is 0. The van der Waals surface area contributed by atoms with Gasteiger partial charge in [0.15, 0.2) is 5.78 Å². The summed E-state index contributed by atoms with van der Waals surface area (Å²) >= 11 is 0. The molecule has 1 N–H and O–H groups in total. The first kappa shape index (κ1) is 11.7. The Kier molecular flexibility index (Phi) is 6.59. The molecule has 0 aromatic rings. The summed E-state index contributed by atoms with van der Waals surface area (Å²) in [5, 5.41) is 2.34. The number of carbonyl (C=O) groups is 2. The summed E-state index contributed by atoms with van der Waals surface area (Å²) < 4.78 is 4.60. The molecule has 0 saturated heterocycles. The number of ketones is 1. The van der Waals surface area contributed by atoms with Gasteiger partial charge in [0.1, 0.15) is 6.61 Å². The van der Waals surface area contributed by atoms with Gasteiger partial charge >= 0.3 is 6.09 Å². The highest BCUT2D eigenvalue weighted by atomic mass is 16.5. The fourth-order valence-electron chi connectivity index (χ4n) is 0.724. The zero-order valence-corrected chi connectivity index (χ0v) is 7.84. The molecule has 0 unspecified atom stereocenters. The van der Waals surface area contributed by atoms with Crippen LogP contribution in [0, 0.1) is 0 Å². The molecule has 0 fully saturated rings. The molecule has 4 nitrogen and oxygen atoms in total. The van der Waals surface area contributed by atoms with Crippen molar-refractivity contribution in [2.75, 3.05) is 13.2 Å². The van der Waals surface area contributed by atoms with Crippen molar-refractivity contribution in [1.82, 2.24) is 5.32 Å². The smallest absolute Gasteiger partial charge is 0.407 e. The molecule has 0 spiro atoms. The average molecular weight is 185 g/mol. The van der Waals surface area contributed by atoms with E-state index in [1.807, 2.05) is 6.92 Å². The summed E-state index contributed by atoms with van der Waals surface area (Å²) in [7, 11) is 0. The van der Waals surface area contributed by atoms with E-state index in [0.29, 0.717) is 6.42 Å². The van der Waals surface area contributed by atoms with Gasteiger partial charge in [0.2, 0.25) is 0 Å². The summed E-state index contributed by atoms with van der Waals surface area (Å²) in [6, 6.07) is 0. The molecule has 13 heavy (non-hydrogen) atoms. The van der Waals surface area contributed by atoms with Crippen molar-refractivity contribution < 1.29 is 14.3 Å². The van der Waals surface area contributed by atoms with Crippen molar-refractivity contribution >= 4 is 11.9 Å². The minimum absolute atomic E-state index is 0.0121. The van der Waals surface area contributed by atoms with Crippen LogP contribution in [0.15, 0.2) is 12.7 Å². The van der Waals surface area contributed by atoms with Crippen LogP contribution in [0.2, 0.25) is 0 Å². The maximum Gasteiger partial charge on any atom is 0.407 e. The fourth-order valence-corrected chi connectivity index (χ4v) is 0.724. The van der Waals surface area contributed by atoms with E-state index < -0.39 is 6.09 Å². The van der Waals surface area contributed by atoms with Crippen LogP contribution >= 0.6 is 0 Å². The first-order chi connectivity index (χ1) is 6.20. The monoisotopic (exact) mass is 185 g/mol. The molecular formula is C9H15NO3. The highest BCUT2D eigenvalue weighted by Gasteiger charge is 2.03. The number of Topliss-reactive ketones (excluding diaryl/α,β-unsaturated/α-hetero) is 1.